The van der Waals surface area contributed by atoms with E-state index in [1.165, 1.54) is 0 Å². The molecule has 11 heavy (non-hydrogen) atoms. The normalized spacial score (nSPS) is 26.6. The van der Waals surface area contributed by atoms with Crippen LogP contribution >= 0.6 is 22.6 Å². The zero-order valence-corrected chi connectivity index (χ0v) is 7.91. The quantitative estimate of drug-likeness (QED) is 0.726. The standard InChI is InChI=1S/C6H8INO3/c7-3-5-4(1-2-10-5)11-6(8)9/h3-4H,1-2H2,(H2,8,9). The summed E-state index contributed by atoms with van der Waals surface area (Å²) in [5.74, 6) is 0.685. The van der Waals surface area contributed by atoms with Gasteiger partial charge in [-0.2, -0.15) is 0 Å². The largest absolute Gasteiger partial charge is 0.493 e. The lowest BCUT2D eigenvalue weighted by molar-refractivity contribution is 0.120. The summed E-state index contributed by atoms with van der Waals surface area (Å²) in [7, 11) is 0. The summed E-state index contributed by atoms with van der Waals surface area (Å²) in [6.07, 6.45) is -0.335. The van der Waals surface area contributed by atoms with Crippen molar-refractivity contribution in [1.82, 2.24) is 0 Å². The van der Waals surface area contributed by atoms with Crippen LogP contribution in [0.25, 0.3) is 0 Å². The smallest absolute Gasteiger partial charge is 0.405 e. The van der Waals surface area contributed by atoms with Gasteiger partial charge in [-0.1, -0.05) is 0 Å². The Labute approximate surface area is 77.9 Å². The van der Waals surface area contributed by atoms with Crippen LogP contribution in [0.5, 0.6) is 0 Å². The summed E-state index contributed by atoms with van der Waals surface area (Å²) in [5, 5.41) is 0. The summed E-state index contributed by atoms with van der Waals surface area (Å²) < 4.78 is 11.6. The number of amides is 1. The number of carbonyl (C=O) groups excluding carboxylic acids is 1. The van der Waals surface area contributed by atoms with Crippen LogP contribution in [0.4, 0.5) is 4.79 Å². The van der Waals surface area contributed by atoms with Crippen molar-refractivity contribution in [2.45, 2.75) is 12.5 Å². The van der Waals surface area contributed by atoms with Crippen LogP contribution < -0.4 is 5.73 Å². The van der Waals surface area contributed by atoms with Gasteiger partial charge in [0.25, 0.3) is 0 Å². The second-order valence-electron chi connectivity index (χ2n) is 2.07. The summed E-state index contributed by atoms with van der Waals surface area (Å²) in [5.41, 5.74) is 4.84. The molecule has 62 valence electrons. The van der Waals surface area contributed by atoms with E-state index in [0.29, 0.717) is 18.8 Å². The molecule has 5 heteroatoms. The third-order valence-electron chi connectivity index (χ3n) is 1.33. The molecule has 0 aromatic heterocycles. The highest BCUT2D eigenvalue weighted by molar-refractivity contribution is 14.1. The first-order valence-electron chi connectivity index (χ1n) is 3.13. The van der Waals surface area contributed by atoms with Crippen LogP contribution in [0.3, 0.4) is 0 Å². The Hall–Kier alpha value is -0.460. The highest BCUT2D eigenvalue weighted by atomic mass is 127. The minimum atomic E-state index is -0.753. The molecule has 1 unspecified atom stereocenters. The SMILES string of the molecule is NC(=O)OC1CCOC1=CI. The fraction of sp³-hybridized carbons (Fsp3) is 0.500. The van der Waals surface area contributed by atoms with Crippen molar-refractivity contribution in [2.24, 2.45) is 5.73 Å². The Bertz CT molecular complexity index is 192. The molecular formula is C6H8INO3. The van der Waals surface area contributed by atoms with Crippen LogP contribution in [0.2, 0.25) is 0 Å². The van der Waals surface area contributed by atoms with E-state index in [0.717, 1.165) is 0 Å². The molecule has 1 saturated heterocycles. The zero-order chi connectivity index (χ0) is 8.27. The molecule has 0 radical (unpaired) electrons. The third-order valence-corrected chi connectivity index (χ3v) is 1.95. The molecule has 0 aliphatic carbocycles. The first-order chi connectivity index (χ1) is 5.24. The van der Waals surface area contributed by atoms with Gasteiger partial charge in [0, 0.05) is 10.5 Å². The Morgan fingerprint density at radius 3 is 3.18 bits per heavy atom. The topological polar surface area (TPSA) is 61.6 Å². The summed E-state index contributed by atoms with van der Waals surface area (Å²) in [4.78, 5) is 10.3. The number of nitrogens with two attached hydrogens (primary N) is 1. The van der Waals surface area contributed by atoms with Gasteiger partial charge in [0.15, 0.2) is 6.10 Å². The maximum absolute atomic E-state index is 10.3. The van der Waals surface area contributed by atoms with Crippen molar-refractivity contribution < 1.29 is 14.3 Å². The molecule has 1 amide bonds. The third kappa shape index (κ3) is 2.25. The molecule has 0 aromatic rings. The molecule has 0 spiro atoms. The van der Waals surface area contributed by atoms with E-state index in [4.69, 9.17) is 15.2 Å². The Kier molecular flexibility index (Phi) is 2.98. The molecule has 1 fully saturated rings. The fourth-order valence-corrected chi connectivity index (χ4v) is 1.46. The van der Waals surface area contributed by atoms with Gasteiger partial charge >= 0.3 is 6.09 Å². The van der Waals surface area contributed by atoms with Crippen molar-refractivity contribution in [3.05, 3.63) is 9.84 Å². The maximum atomic E-state index is 10.3. The van der Waals surface area contributed by atoms with Gasteiger partial charge in [0.2, 0.25) is 0 Å². The van der Waals surface area contributed by atoms with E-state index in [1.807, 2.05) is 22.6 Å². The molecule has 1 rings (SSSR count). The van der Waals surface area contributed by atoms with E-state index in [9.17, 15) is 4.79 Å². The average Bonchev–Trinajstić information content (AvgIpc) is 2.34. The number of ether oxygens (including phenoxy) is 2. The van der Waals surface area contributed by atoms with Crippen LogP contribution in [-0.2, 0) is 9.47 Å². The second kappa shape index (κ2) is 3.80. The van der Waals surface area contributed by atoms with Crippen LogP contribution in [0, 0.1) is 0 Å². The molecule has 1 atom stereocenters. The number of hydrogen-bond acceptors (Lipinski definition) is 3. The van der Waals surface area contributed by atoms with Gasteiger partial charge in [0.05, 0.1) is 6.61 Å². The molecule has 1 aliphatic rings. The van der Waals surface area contributed by atoms with Crippen LogP contribution in [0.15, 0.2) is 9.84 Å². The summed E-state index contributed by atoms with van der Waals surface area (Å²) in [6.45, 7) is 0.590. The first-order valence-corrected chi connectivity index (χ1v) is 4.37. The van der Waals surface area contributed by atoms with Crippen molar-refractivity contribution in [2.75, 3.05) is 6.61 Å². The minimum absolute atomic E-state index is 0.274. The lowest BCUT2D eigenvalue weighted by Crippen LogP contribution is -2.21. The van der Waals surface area contributed by atoms with Gasteiger partial charge < -0.3 is 15.2 Å². The zero-order valence-electron chi connectivity index (χ0n) is 5.75. The second-order valence-corrected chi connectivity index (χ2v) is 2.70. The molecule has 0 bridgehead atoms. The molecule has 0 saturated carbocycles. The molecule has 1 aliphatic heterocycles. The average molecular weight is 269 g/mol. The Morgan fingerprint density at radius 2 is 2.64 bits per heavy atom. The Morgan fingerprint density at radius 1 is 1.91 bits per heavy atom. The minimum Gasteiger partial charge on any atom is -0.493 e. The number of primary amides is 1. The number of carbonyl (C=O) groups is 1. The van der Waals surface area contributed by atoms with Crippen molar-refractivity contribution >= 4 is 28.7 Å². The number of rotatable bonds is 1. The monoisotopic (exact) mass is 269 g/mol. The van der Waals surface area contributed by atoms with E-state index >= 15 is 0 Å². The Balaban J connectivity index is 2.51. The molecule has 0 aromatic carbocycles. The molecule has 4 nitrogen and oxygen atoms in total. The molecule has 1 heterocycles. The van der Waals surface area contributed by atoms with Crippen LogP contribution in [-0.4, -0.2) is 18.8 Å². The first kappa shape index (κ1) is 8.63. The number of hydrogen-bond donors (Lipinski definition) is 1. The fourth-order valence-electron chi connectivity index (χ4n) is 0.878. The van der Waals surface area contributed by atoms with E-state index in [1.54, 1.807) is 4.08 Å². The van der Waals surface area contributed by atoms with Crippen molar-refractivity contribution in [3.63, 3.8) is 0 Å². The lowest BCUT2D eigenvalue weighted by atomic mass is 10.3. The molecule has 2 N–H and O–H groups in total. The lowest BCUT2D eigenvalue weighted by Gasteiger charge is -2.07. The highest BCUT2D eigenvalue weighted by Crippen LogP contribution is 2.21. The van der Waals surface area contributed by atoms with E-state index in [2.05, 4.69) is 0 Å². The van der Waals surface area contributed by atoms with E-state index < -0.39 is 6.09 Å². The predicted octanol–water partition coefficient (Wildman–Crippen LogP) is 1.15. The van der Waals surface area contributed by atoms with Gasteiger partial charge in [-0.25, -0.2) is 4.79 Å². The summed E-state index contributed by atoms with van der Waals surface area (Å²) in [6, 6.07) is 0. The van der Waals surface area contributed by atoms with Gasteiger partial charge in [-0.15, -0.1) is 0 Å². The van der Waals surface area contributed by atoms with Crippen molar-refractivity contribution in [1.29, 1.82) is 0 Å². The van der Waals surface area contributed by atoms with Gasteiger partial charge in [0.1, 0.15) is 5.76 Å². The van der Waals surface area contributed by atoms with E-state index in [-0.39, 0.29) is 6.10 Å². The summed E-state index contributed by atoms with van der Waals surface area (Å²) >= 11 is 2.03. The number of halogens is 1. The highest BCUT2D eigenvalue weighted by Gasteiger charge is 2.24. The van der Waals surface area contributed by atoms with Gasteiger partial charge in [-0.05, 0) is 22.6 Å². The molecular weight excluding hydrogens is 261 g/mol. The van der Waals surface area contributed by atoms with Crippen LogP contribution in [0.1, 0.15) is 6.42 Å². The van der Waals surface area contributed by atoms with Crippen molar-refractivity contribution in [3.8, 4) is 0 Å². The maximum Gasteiger partial charge on any atom is 0.405 e. The predicted molar refractivity (Wildman–Crippen MR) is 47.1 cm³/mol. The van der Waals surface area contributed by atoms with Gasteiger partial charge in [-0.3, -0.25) is 0 Å².